The van der Waals surface area contributed by atoms with Gasteiger partial charge in [0.05, 0.1) is 7.11 Å². The van der Waals surface area contributed by atoms with Crippen molar-refractivity contribution >= 4 is 15.9 Å². The molecule has 0 aliphatic heterocycles. The molecule has 1 atom stereocenters. The van der Waals surface area contributed by atoms with Crippen molar-refractivity contribution in [2.24, 2.45) is 0 Å². The van der Waals surface area contributed by atoms with E-state index >= 15 is 0 Å². The SMILES string of the molecule is COc1ccc(CNC(=O)C(Cc2ccccc2)NS(=O)(=O)c2ccccc2F)cc1. The highest BCUT2D eigenvalue weighted by Crippen LogP contribution is 2.15. The molecule has 8 heteroatoms. The fourth-order valence-electron chi connectivity index (χ4n) is 3.01. The van der Waals surface area contributed by atoms with Crippen molar-refractivity contribution in [3.05, 3.63) is 95.8 Å². The van der Waals surface area contributed by atoms with E-state index in [0.717, 1.165) is 23.3 Å². The van der Waals surface area contributed by atoms with Gasteiger partial charge in [0, 0.05) is 6.54 Å². The minimum absolute atomic E-state index is 0.114. The van der Waals surface area contributed by atoms with E-state index in [2.05, 4.69) is 10.0 Å². The van der Waals surface area contributed by atoms with Crippen LogP contribution in [0.5, 0.6) is 5.75 Å². The lowest BCUT2D eigenvalue weighted by atomic mass is 10.1. The highest BCUT2D eigenvalue weighted by molar-refractivity contribution is 7.89. The van der Waals surface area contributed by atoms with Crippen LogP contribution in [0.4, 0.5) is 4.39 Å². The number of sulfonamides is 1. The molecular formula is C23H23FN2O4S. The first-order chi connectivity index (χ1) is 14.9. The standard InChI is InChI=1S/C23H23FN2O4S/c1-30-19-13-11-18(12-14-19)16-25-23(27)21(15-17-7-3-2-4-8-17)26-31(28,29)22-10-6-5-9-20(22)24/h2-14,21,26H,15-16H2,1H3,(H,25,27). The zero-order valence-corrected chi connectivity index (χ0v) is 17.7. The number of halogens is 1. The van der Waals surface area contributed by atoms with Gasteiger partial charge in [-0.2, -0.15) is 4.72 Å². The van der Waals surface area contributed by atoms with E-state index in [4.69, 9.17) is 4.74 Å². The normalized spacial score (nSPS) is 12.2. The molecule has 0 aromatic heterocycles. The van der Waals surface area contributed by atoms with Gasteiger partial charge in [0.25, 0.3) is 0 Å². The van der Waals surface area contributed by atoms with Crippen LogP contribution in [0.15, 0.2) is 83.8 Å². The summed E-state index contributed by atoms with van der Waals surface area (Å²) in [6, 6.07) is 20.1. The molecule has 0 fully saturated rings. The number of carbonyl (C=O) groups is 1. The van der Waals surface area contributed by atoms with Gasteiger partial charge < -0.3 is 10.1 Å². The van der Waals surface area contributed by atoms with Gasteiger partial charge in [-0.15, -0.1) is 0 Å². The highest BCUT2D eigenvalue weighted by atomic mass is 32.2. The molecule has 2 N–H and O–H groups in total. The molecule has 3 aromatic rings. The third-order valence-electron chi connectivity index (χ3n) is 4.65. The van der Waals surface area contributed by atoms with Gasteiger partial charge in [0.2, 0.25) is 15.9 Å². The summed E-state index contributed by atoms with van der Waals surface area (Å²) in [4.78, 5) is 12.4. The van der Waals surface area contributed by atoms with Crippen LogP contribution in [0, 0.1) is 5.82 Å². The number of amides is 1. The third kappa shape index (κ3) is 6.13. The number of methoxy groups -OCH3 is 1. The van der Waals surface area contributed by atoms with E-state index < -0.39 is 32.7 Å². The Bertz CT molecular complexity index is 1120. The first kappa shape index (κ1) is 22.5. The summed E-state index contributed by atoms with van der Waals surface area (Å²) in [5, 5.41) is 2.74. The lowest BCUT2D eigenvalue weighted by Gasteiger charge is -2.19. The molecule has 0 radical (unpaired) electrons. The predicted octanol–water partition coefficient (Wildman–Crippen LogP) is 3.04. The molecule has 31 heavy (non-hydrogen) atoms. The fourth-order valence-corrected chi connectivity index (χ4v) is 4.28. The van der Waals surface area contributed by atoms with Crippen LogP contribution in [-0.2, 0) is 27.8 Å². The van der Waals surface area contributed by atoms with Crippen molar-refractivity contribution in [1.29, 1.82) is 0 Å². The Hall–Kier alpha value is -3.23. The van der Waals surface area contributed by atoms with Crippen LogP contribution >= 0.6 is 0 Å². The predicted molar refractivity (Wildman–Crippen MR) is 115 cm³/mol. The second kappa shape index (κ2) is 10.2. The molecule has 3 rings (SSSR count). The van der Waals surface area contributed by atoms with Gasteiger partial charge in [-0.25, -0.2) is 12.8 Å². The Balaban J connectivity index is 1.78. The van der Waals surface area contributed by atoms with E-state index in [-0.39, 0.29) is 13.0 Å². The summed E-state index contributed by atoms with van der Waals surface area (Å²) in [5.74, 6) is -0.707. The zero-order valence-electron chi connectivity index (χ0n) is 16.9. The molecule has 0 aliphatic carbocycles. The fraction of sp³-hybridized carbons (Fsp3) is 0.174. The van der Waals surface area contributed by atoms with E-state index in [1.54, 1.807) is 55.6 Å². The third-order valence-corrected chi connectivity index (χ3v) is 6.15. The number of hydrogen-bond acceptors (Lipinski definition) is 4. The van der Waals surface area contributed by atoms with Crippen molar-refractivity contribution in [3.63, 3.8) is 0 Å². The monoisotopic (exact) mass is 442 g/mol. The van der Waals surface area contributed by atoms with Crippen molar-refractivity contribution in [1.82, 2.24) is 10.0 Å². The molecule has 0 heterocycles. The number of benzene rings is 3. The summed E-state index contributed by atoms with van der Waals surface area (Å²) in [6.45, 7) is 0.204. The average Bonchev–Trinajstić information content (AvgIpc) is 2.78. The van der Waals surface area contributed by atoms with Crippen LogP contribution < -0.4 is 14.8 Å². The van der Waals surface area contributed by atoms with Gasteiger partial charge in [-0.1, -0.05) is 54.6 Å². The molecule has 162 valence electrons. The Labute approximate surface area is 181 Å². The molecule has 3 aromatic carbocycles. The molecule has 0 spiro atoms. The molecule has 0 saturated carbocycles. The van der Waals surface area contributed by atoms with Gasteiger partial charge in [0.15, 0.2) is 0 Å². The van der Waals surface area contributed by atoms with E-state index in [1.165, 1.54) is 12.1 Å². The van der Waals surface area contributed by atoms with Crippen LogP contribution in [0.3, 0.4) is 0 Å². The number of rotatable bonds is 9. The molecule has 0 bridgehead atoms. The molecule has 1 amide bonds. The number of ether oxygens (including phenoxy) is 1. The van der Waals surface area contributed by atoms with Gasteiger partial charge >= 0.3 is 0 Å². The lowest BCUT2D eigenvalue weighted by molar-refractivity contribution is -0.122. The van der Waals surface area contributed by atoms with Crippen LogP contribution in [0.1, 0.15) is 11.1 Å². The van der Waals surface area contributed by atoms with Crippen molar-refractivity contribution < 1.29 is 22.3 Å². The first-order valence-corrected chi connectivity index (χ1v) is 11.1. The van der Waals surface area contributed by atoms with Gasteiger partial charge in [-0.05, 0) is 41.8 Å². The summed E-state index contributed by atoms with van der Waals surface area (Å²) in [7, 11) is -2.69. The van der Waals surface area contributed by atoms with Crippen molar-refractivity contribution in [3.8, 4) is 5.75 Å². The van der Waals surface area contributed by atoms with Crippen LogP contribution in [0.2, 0.25) is 0 Å². The Morgan fingerprint density at radius 1 is 0.935 bits per heavy atom. The van der Waals surface area contributed by atoms with Crippen molar-refractivity contribution in [2.75, 3.05) is 7.11 Å². The largest absolute Gasteiger partial charge is 0.497 e. The molecule has 0 aliphatic rings. The maximum Gasteiger partial charge on any atom is 0.244 e. The van der Waals surface area contributed by atoms with Gasteiger partial charge in [-0.3, -0.25) is 4.79 Å². The van der Waals surface area contributed by atoms with E-state index in [1.807, 2.05) is 6.07 Å². The Kier molecular flexibility index (Phi) is 7.38. The van der Waals surface area contributed by atoms with Gasteiger partial charge in [0.1, 0.15) is 22.5 Å². The number of hydrogen-bond donors (Lipinski definition) is 2. The minimum Gasteiger partial charge on any atom is -0.497 e. The van der Waals surface area contributed by atoms with E-state index in [9.17, 15) is 17.6 Å². The molecule has 6 nitrogen and oxygen atoms in total. The average molecular weight is 443 g/mol. The highest BCUT2D eigenvalue weighted by Gasteiger charge is 2.27. The molecule has 1 unspecified atom stereocenters. The zero-order chi connectivity index (χ0) is 22.3. The van der Waals surface area contributed by atoms with Crippen LogP contribution in [0.25, 0.3) is 0 Å². The smallest absolute Gasteiger partial charge is 0.244 e. The second-order valence-electron chi connectivity index (χ2n) is 6.86. The quantitative estimate of drug-likeness (QED) is 0.534. The molecule has 0 saturated heterocycles. The summed E-state index contributed by atoms with van der Waals surface area (Å²) in [5.41, 5.74) is 1.59. The Morgan fingerprint density at radius 2 is 1.58 bits per heavy atom. The summed E-state index contributed by atoms with van der Waals surface area (Å²) in [6.07, 6.45) is 0.114. The summed E-state index contributed by atoms with van der Waals surface area (Å²) < 4.78 is 47.0. The summed E-state index contributed by atoms with van der Waals surface area (Å²) >= 11 is 0. The maximum absolute atomic E-state index is 14.1. The number of nitrogens with one attached hydrogen (secondary N) is 2. The van der Waals surface area contributed by atoms with E-state index in [0.29, 0.717) is 5.75 Å². The number of carbonyl (C=O) groups excluding carboxylic acids is 1. The minimum atomic E-state index is -4.25. The van der Waals surface area contributed by atoms with Crippen LogP contribution in [-0.4, -0.2) is 27.5 Å². The van der Waals surface area contributed by atoms with Crippen molar-refractivity contribution in [2.45, 2.75) is 23.9 Å². The lowest BCUT2D eigenvalue weighted by Crippen LogP contribution is -2.47. The molecular weight excluding hydrogens is 419 g/mol. The maximum atomic E-state index is 14.1. The first-order valence-electron chi connectivity index (χ1n) is 9.60. The second-order valence-corrected chi connectivity index (χ2v) is 8.54. The topological polar surface area (TPSA) is 84.5 Å². The Morgan fingerprint density at radius 3 is 2.23 bits per heavy atom.